The second-order valence-corrected chi connectivity index (χ2v) is 8.43. The highest BCUT2D eigenvalue weighted by atomic mass is 17.3. The predicted molar refractivity (Wildman–Crippen MR) is 117 cm³/mol. The molecule has 6 nitrogen and oxygen atoms in total. The van der Waals surface area contributed by atoms with Crippen molar-refractivity contribution >= 4 is 0 Å². The van der Waals surface area contributed by atoms with Gasteiger partial charge in [-0.3, -0.25) is 0 Å². The first kappa shape index (κ1) is 24.2. The summed E-state index contributed by atoms with van der Waals surface area (Å²) in [5.41, 5.74) is 2.52. The van der Waals surface area contributed by atoms with Crippen LogP contribution in [-0.2, 0) is 22.7 Å². The van der Waals surface area contributed by atoms with Crippen LogP contribution in [0.5, 0.6) is 5.88 Å². The van der Waals surface area contributed by atoms with Gasteiger partial charge in [-0.05, 0) is 44.9 Å². The van der Waals surface area contributed by atoms with Gasteiger partial charge in [0.25, 0.3) is 0 Å². The molecule has 1 fully saturated rings. The topological polar surface area (TPSA) is 71.5 Å². The minimum Gasteiger partial charge on any atom is -0.481 e. The molecule has 1 aromatic heterocycles. The van der Waals surface area contributed by atoms with Gasteiger partial charge in [0, 0.05) is 5.56 Å². The molecule has 1 aromatic rings. The van der Waals surface area contributed by atoms with Crippen LogP contribution in [0.4, 0.5) is 0 Å². The molecule has 2 N–H and O–H groups in total. The van der Waals surface area contributed by atoms with Gasteiger partial charge in [-0.1, -0.05) is 65.2 Å². The number of nitrogens with two attached hydrogens (primary N) is 1. The SMILES string of the molecule is CCCCCCCCCCCc1nn(C2CCC(OON)CC2)c(OC)c1CC. The Balaban J connectivity index is 1.82. The molecule has 0 bridgehead atoms. The van der Waals surface area contributed by atoms with E-state index in [1.807, 2.05) is 0 Å². The van der Waals surface area contributed by atoms with E-state index in [9.17, 15) is 0 Å². The molecular weight excluding hydrogens is 366 g/mol. The molecule has 1 heterocycles. The van der Waals surface area contributed by atoms with E-state index in [4.69, 9.17) is 20.6 Å². The maximum atomic E-state index is 5.79. The minimum atomic E-state index is 0.0879. The third-order valence-corrected chi connectivity index (χ3v) is 6.29. The molecule has 2 rings (SSSR count). The normalized spacial score (nSPS) is 19.6. The van der Waals surface area contributed by atoms with E-state index < -0.39 is 0 Å². The van der Waals surface area contributed by atoms with E-state index in [0.29, 0.717) is 6.04 Å². The van der Waals surface area contributed by atoms with Crippen molar-refractivity contribution in [1.82, 2.24) is 9.78 Å². The zero-order chi connectivity index (χ0) is 20.9. The minimum absolute atomic E-state index is 0.0879. The Labute approximate surface area is 177 Å². The third-order valence-electron chi connectivity index (χ3n) is 6.29. The van der Waals surface area contributed by atoms with Gasteiger partial charge >= 0.3 is 0 Å². The monoisotopic (exact) mass is 409 g/mol. The van der Waals surface area contributed by atoms with Crippen molar-refractivity contribution in [3.63, 3.8) is 0 Å². The van der Waals surface area contributed by atoms with Crippen LogP contribution < -0.4 is 10.6 Å². The third kappa shape index (κ3) is 7.58. The fourth-order valence-corrected chi connectivity index (χ4v) is 4.59. The van der Waals surface area contributed by atoms with Gasteiger partial charge in [-0.25, -0.2) is 9.57 Å². The van der Waals surface area contributed by atoms with Gasteiger partial charge in [0.15, 0.2) is 0 Å². The van der Waals surface area contributed by atoms with Crippen LogP contribution in [0.25, 0.3) is 0 Å². The van der Waals surface area contributed by atoms with E-state index in [0.717, 1.165) is 44.4 Å². The van der Waals surface area contributed by atoms with Gasteiger partial charge < -0.3 is 4.74 Å². The largest absolute Gasteiger partial charge is 0.481 e. The fraction of sp³-hybridized carbons (Fsp3) is 0.870. The number of hydrogen-bond acceptors (Lipinski definition) is 5. The van der Waals surface area contributed by atoms with Crippen LogP contribution in [0.15, 0.2) is 0 Å². The van der Waals surface area contributed by atoms with Gasteiger partial charge in [-0.2, -0.15) is 11.0 Å². The smallest absolute Gasteiger partial charge is 0.215 e. The van der Waals surface area contributed by atoms with Crippen molar-refractivity contribution in [1.29, 1.82) is 0 Å². The molecule has 6 heteroatoms. The lowest BCUT2D eigenvalue weighted by molar-refractivity contribution is -0.334. The maximum Gasteiger partial charge on any atom is 0.215 e. The van der Waals surface area contributed by atoms with Crippen molar-refractivity contribution in [3.8, 4) is 5.88 Å². The lowest BCUT2D eigenvalue weighted by atomic mass is 9.93. The average molecular weight is 410 g/mol. The Morgan fingerprint density at radius 3 is 2.10 bits per heavy atom. The molecule has 1 saturated carbocycles. The molecule has 0 aromatic carbocycles. The average Bonchev–Trinajstić information content (AvgIpc) is 3.10. The summed E-state index contributed by atoms with van der Waals surface area (Å²) in [4.78, 5) is 9.46. The molecule has 0 radical (unpaired) electrons. The summed E-state index contributed by atoms with van der Waals surface area (Å²) in [5.74, 6) is 5.99. The summed E-state index contributed by atoms with van der Waals surface area (Å²) in [7, 11) is 1.77. The van der Waals surface area contributed by atoms with Gasteiger partial charge in [0.1, 0.15) is 0 Å². The van der Waals surface area contributed by atoms with Gasteiger partial charge in [0.2, 0.25) is 5.88 Å². The summed E-state index contributed by atoms with van der Waals surface area (Å²) in [6, 6.07) is 0.366. The summed E-state index contributed by atoms with van der Waals surface area (Å²) >= 11 is 0. The highest BCUT2D eigenvalue weighted by Gasteiger charge is 2.28. The molecule has 0 aliphatic heterocycles. The first-order chi connectivity index (χ1) is 14.2. The van der Waals surface area contributed by atoms with Crippen molar-refractivity contribution in [2.45, 2.75) is 122 Å². The number of hydrogen-bond donors (Lipinski definition) is 1. The van der Waals surface area contributed by atoms with Crippen LogP contribution >= 0.6 is 0 Å². The molecular formula is C23H43N3O3. The predicted octanol–water partition coefficient (Wildman–Crippen LogP) is 5.83. The highest BCUT2D eigenvalue weighted by molar-refractivity contribution is 5.32. The number of nitrogens with zero attached hydrogens (tertiary/aromatic N) is 2. The zero-order valence-electron chi connectivity index (χ0n) is 19.0. The summed E-state index contributed by atoms with van der Waals surface area (Å²) in [6.45, 7) is 4.48. The standard InChI is InChI=1S/C23H43N3O3/c1-4-6-7-8-9-10-11-12-13-14-22-21(5-2)23(27-3)26(25-22)19-15-17-20(18-16-19)28-29-24/h19-20H,4-18,24H2,1-3H3. The highest BCUT2D eigenvalue weighted by Crippen LogP contribution is 2.35. The van der Waals surface area contributed by atoms with Crippen LogP contribution in [0.2, 0.25) is 0 Å². The molecule has 168 valence electrons. The lowest BCUT2D eigenvalue weighted by Crippen LogP contribution is -2.25. The van der Waals surface area contributed by atoms with E-state index in [1.165, 1.54) is 69.0 Å². The molecule has 0 spiro atoms. The van der Waals surface area contributed by atoms with E-state index in [-0.39, 0.29) is 6.10 Å². The van der Waals surface area contributed by atoms with E-state index >= 15 is 0 Å². The molecule has 0 saturated heterocycles. The van der Waals surface area contributed by atoms with Crippen LogP contribution in [0.3, 0.4) is 0 Å². The Kier molecular flexibility index (Phi) is 11.7. The number of rotatable bonds is 15. The molecule has 1 aliphatic rings. The molecule has 0 amide bonds. The first-order valence-corrected chi connectivity index (χ1v) is 11.9. The first-order valence-electron chi connectivity index (χ1n) is 11.9. The number of ether oxygens (including phenoxy) is 1. The van der Waals surface area contributed by atoms with Crippen molar-refractivity contribution < 1.29 is 14.6 Å². The van der Waals surface area contributed by atoms with Crippen LogP contribution in [-0.4, -0.2) is 23.0 Å². The number of aryl methyl sites for hydroxylation is 1. The number of aromatic nitrogens is 2. The van der Waals surface area contributed by atoms with Gasteiger partial charge in [-0.15, -0.1) is 4.99 Å². The lowest BCUT2D eigenvalue weighted by Gasteiger charge is -2.28. The summed E-state index contributed by atoms with van der Waals surface area (Å²) in [6.07, 6.45) is 18.1. The van der Waals surface area contributed by atoms with Crippen molar-refractivity contribution in [2.75, 3.05) is 7.11 Å². The van der Waals surface area contributed by atoms with Crippen molar-refractivity contribution in [3.05, 3.63) is 11.3 Å². The second-order valence-electron chi connectivity index (χ2n) is 8.43. The number of unbranched alkanes of at least 4 members (excludes halogenated alkanes) is 8. The molecule has 0 atom stereocenters. The summed E-state index contributed by atoms with van der Waals surface area (Å²) < 4.78 is 7.93. The summed E-state index contributed by atoms with van der Waals surface area (Å²) in [5, 5.41) is 5.01. The Morgan fingerprint density at radius 2 is 1.55 bits per heavy atom. The second kappa shape index (κ2) is 14.0. The van der Waals surface area contributed by atoms with Crippen molar-refractivity contribution in [2.24, 2.45) is 5.90 Å². The molecule has 1 aliphatic carbocycles. The molecule has 0 unspecified atom stereocenters. The van der Waals surface area contributed by atoms with E-state index in [1.54, 1.807) is 7.11 Å². The quantitative estimate of drug-likeness (QED) is 0.224. The Morgan fingerprint density at radius 1 is 0.931 bits per heavy atom. The Hall–Kier alpha value is -1.11. The van der Waals surface area contributed by atoms with Crippen LogP contribution in [0.1, 0.15) is 115 Å². The molecule has 29 heavy (non-hydrogen) atoms. The number of methoxy groups -OCH3 is 1. The fourth-order valence-electron chi connectivity index (χ4n) is 4.59. The zero-order valence-corrected chi connectivity index (χ0v) is 19.0. The van der Waals surface area contributed by atoms with Crippen LogP contribution in [0, 0.1) is 0 Å². The van der Waals surface area contributed by atoms with Gasteiger partial charge in [0.05, 0.1) is 24.9 Å². The maximum absolute atomic E-state index is 5.79. The Bertz CT molecular complexity index is 554. The van der Waals surface area contributed by atoms with E-state index in [2.05, 4.69) is 23.5 Å².